The molecular formula is C5H6N2O2. The molecule has 0 unspecified atom stereocenters. The molecule has 4 heteroatoms. The van der Waals surface area contributed by atoms with Crippen LogP contribution in [-0.4, -0.2) is 20.9 Å². The highest BCUT2D eigenvalue weighted by atomic mass is 16.3. The van der Waals surface area contributed by atoms with Gasteiger partial charge in [-0.05, 0) is 0 Å². The fourth-order valence-corrected chi connectivity index (χ4v) is 0.558. The minimum atomic E-state index is -0.200. The van der Waals surface area contributed by atoms with Crippen molar-refractivity contribution < 1.29 is 9.90 Å². The molecule has 0 aliphatic carbocycles. The average Bonchev–Trinajstić information content (AvgIpc) is 2.33. The largest absolute Gasteiger partial charge is 0.376 e. The molecule has 1 aromatic rings. The van der Waals surface area contributed by atoms with Crippen molar-refractivity contribution in [3.05, 3.63) is 18.2 Å². The van der Waals surface area contributed by atoms with Crippen LogP contribution in [0.4, 0.5) is 0 Å². The summed E-state index contributed by atoms with van der Waals surface area (Å²) in [6.45, 7) is -0.200. The highest BCUT2D eigenvalue weighted by Crippen LogP contribution is 1.90. The molecule has 48 valence electrons. The van der Waals surface area contributed by atoms with E-state index in [1.54, 1.807) is 0 Å². The Balaban J connectivity index is 2.98. The SMILES string of the molecule is O=Cc1nccn1CO. The third kappa shape index (κ3) is 0.972. The highest BCUT2D eigenvalue weighted by Gasteiger charge is 1.95. The van der Waals surface area contributed by atoms with E-state index in [-0.39, 0.29) is 12.6 Å². The first-order valence-corrected chi connectivity index (χ1v) is 2.45. The summed E-state index contributed by atoms with van der Waals surface area (Å²) in [5.41, 5.74) is 0. The van der Waals surface area contributed by atoms with E-state index in [4.69, 9.17) is 5.11 Å². The predicted octanol–water partition coefficient (Wildman–Crippen LogP) is -0.355. The Morgan fingerprint density at radius 1 is 1.89 bits per heavy atom. The second-order valence-electron chi connectivity index (χ2n) is 1.51. The van der Waals surface area contributed by atoms with Gasteiger partial charge in [-0.2, -0.15) is 0 Å². The number of imidazole rings is 1. The van der Waals surface area contributed by atoms with E-state index >= 15 is 0 Å². The number of aliphatic hydroxyl groups is 1. The van der Waals surface area contributed by atoms with Crippen molar-refractivity contribution in [2.24, 2.45) is 0 Å². The van der Waals surface area contributed by atoms with Crippen LogP contribution in [0.25, 0.3) is 0 Å². The van der Waals surface area contributed by atoms with Gasteiger partial charge in [-0.25, -0.2) is 4.98 Å². The van der Waals surface area contributed by atoms with Crippen molar-refractivity contribution in [1.29, 1.82) is 0 Å². The minimum absolute atomic E-state index is 0.200. The summed E-state index contributed by atoms with van der Waals surface area (Å²) in [5, 5.41) is 8.50. The first kappa shape index (κ1) is 5.97. The van der Waals surface area contributed by atoms with E-state index in [0.717, 1.165) is 0 Å². The van der Waals surface area contributed by atoms with Gasteiger partial charge in [0.15, 0.2) is 12.1 Å². The van der Waals surface area contributed by atoms with Crippen LogP contribution in [0, 0.1) is 0 Å². The van der Waals surface area contributed by atoms with Crippen LogP contribution < -0.4 is 0 Å². The lowest BCUT2D eigenvalue weighted by Gasteiger charge is -1.93. The van der Waals surface area contributed by atoms with E-state index in [1.165, 1.54) is 17.0 Å². The van der Waals surface area contributed by atoms with E-state index in [9.17, 15) is 4.79 Å². The van der Waals surface area contributed by atoms with E-state index in [1.807, 2.05) is 0 Å². The second-order valence-corrected chi connectivity index (χ2v) is 1.51. The van der Waals surface area contributed by atoms with Gasteiger partial charge in [-0.3, -0.25) is 4.79 Å². The van der Waals surface area contributed by atoms with Gasteiger partial charge < -0.3 is 9.67 Å². The number of rotatable bonds is 2. The maximum absolute atomic E-state index is 10.1. The van der Waals surface area contributed by atoms with Gasteiger partial charge in [-0.15, -0.1) is 0 Å². The maximum atomic E-state index is 10.1. The van der Waals surface area contributed by atoms with Gasteiger partial charge in [0.1, 0.15) is 6.73 Å². The van der Waals surface area contributed by atoms with Crippen LogP contribution in [0.2, 0.25) is 0 Å². The molecular weight excluding hydrogens is 120 g/mol. The van der Waals surface area contributed by atoms with Crippen LogP contribution in [0.1, 0.15) is 10.6 Å². The van der Waals surface area contributed by atoms with E-state index < -0.39 is 0 Å². The molecule has 0 radical (unpaired) electrons. The van der Waals surface area contributed by atoms with Crippen LogP contribution in [-0.2, 0) is 6.73 Å². The smallest absolute Gasteiger partial charge is 0.185 e. The maximum Gasteiger partial charge on any atom is 0.185 e. The highest BCUT2D eigenvalue weighted by molar-refractivity contribution is 5.68. The lowest BCUT2D eigenvalue weighted by atomic mass is 10.7. The Labute approximate surface area is 51.8 Å². The summed E-state index contributed by atoms with van der Waals surface area (Å²) in [5.74, 6) is 0.248. The molecule has 9 heavy (non-hydrogen) atoms. The third-order valence-corrected chi connectivity index (χ3v) is 1.01. The number of carbonyl (C=O) groups excluding carboxylic acids is 1. The molecule has 1 N–H and O–H groups in total. The standard InChI is InChI=1S/C5H6N2O2/c8-3-5-6-1-2-7(5)4-9/h1-3,9H,4H2. The minimum Gasteiger partial charge on any atom is -0.376 e. The Kier molecular flexibility index (Phi) is 1.60. The number of nitrogens with zero attached hydrogens (tertiary/aromatic N) is 2. The molecule has 0 saturated heterocycles. The topological polar surface area (TPSA) is 55.1 Å². The predicted molar refractivity (Wildman–Crippen MR) is 29.8 cm³/mol. The number of hydrogen-bond acceptors (Lipinski definition) is 3. The van der Waals surface area contributed by atoms with Gasteiger partial charge in [0.2, 0.25) is 0 Å². The molecule has 1 heterocycles. The van der Waals surface area contributed by atoms with Crippen LogP contribution in [0.3, 0.4) is 0 Å². The van der Waals surface area contributed by atoms with Gasteiger partial charge in [-0.1, -0.05) is 0 Å². The van der Waals surface area contributed by atoms with Crippen LogP contribution in [0.5, 0.6) is 0 Å². The fourth-order valence-electron chi connectivity index (χ4n) is 0.558. The molecule has 4 nitrogen and oxygen atoms in total. The summed E-state index contributed by atoms with van der Waals surface area (Å²) in [4.78, 5) is 13.7. The number of carbonyl (C=O) groups is 1. The number of hydrogen-bond donors (Lipinski definition) is 1. The van der Waals surface area contributed by atoms with Crippen LogP contribution in [0.15, 0.2) is 12.4 Å². The quantitative estimate of drug-likeness (QED) is 0.551. The summed E-state index contributed by atoms with van der Waals surface area (Å²) in [6, 6.07) is 0. The Hall–Kier alpha value is -1.16. The zero-order chi connectivity index (χ0) is 6.69. The average molecular weight is 126 g/mol. The Morgan fingerprint density at radius 3 is 3.11 bits per heavy atom. The van der Waals surface area contributed by atoms with E-state index in [0.29, 0.717) is 6.29 Å². The molecule has 0 aliphatic rings. The molecule has 0 atom stereocenters. The molecule has 0 bridgehead atoms. The lowest BCUT2D eigenvalue weighted by Crippen LogP contribution is -2.00. The van der Waals surface area contributed by atoms with Crippen molar-refractivity contribution in [1.82, 2.24) is 9.55 Å². The summed E-state index contributed by atoms with van der Waals surface area (Å²) in [7, 11) is 0. The molecule has 0 amide bonds. The van der Waals surface area contributed by atoms with Gasteiger partial charge in [0, 0.05) is 12.4 Å². The van der Waals surface area contributed by atoms with Crippen LogP contribution >= 0.6 is 0 Å². The van der Waals surface area contributed by atoms with Gasteiger partial charge >= 0.3 is 0 Å². The summed E-state index contributed by atoms with van der Waals surface area (Å²) < 4.78 is 1.34. The zero-order valence-corrected chi connectivity index (χ0v) is 4.69. The number of aromatic nitrogens is 2. The van der Waals surface area contributed by atoms with E-state index in [2.05, 4.69) is 4.98 Å². The summed E-state index contributed by atoms with van der Waals surface area (Å²) in [6.07, 6.45) is 3.58. The monoisotopic (exact) mass is 126 g/mol. The van der Waals surface area contributed by atoms with Gasteiger partial charge in [0.25, 0.3) is 0 Å². The van der Waals surface area contributed by atoms with Crippen molar-refractivity contribution in [3.63, 3.8) is 0 Å². The van der Waals surface area contributed by atoms with Crippen molar-refractivity contribution >= 4 is 6.29 Å². The molecule has 0 fully saturated rings. The number of aliphatic hydroxyl groups excluding tert-OH is 1. The molecule has 0 aliphatic heterocycles. The zero-order valence-electron chi connectivity index (χ0n) is 4.69. The molecule has 0 saturated carbocycles. The normalized spacial score (nSPS) is 9.44. The molecule has 1 aromatic heterocycles. The first-order valence-electron chi connectivity index (χ1n) is 2.45. The molecule has 0 aromatic carbocycles. The lowest BCUT2D eigenvalue weighted by molar-refractivity contribution is 0.109. The Morgan fingerprint density at radius 2 is 2.67 bits per heavy atom. The van der Waals surface area contributed by atoms with Crippen molar-refractivity contribution in [3.8, 4) is 0 Å². The van der Waals surface area contributed by atoms with Crippen molar-refractivity contribution in [2.45, 2.75) is 6.73 Å². The van der Waals surface area contributed by atoms with Gasteiger partial charge in [0.05, 0.1) is 0 Å². The Bertz CT molecular complexity index is 206. The third-order valence-electron chi connectivity index (χ3n) is 1.01. The molecule has 0 spiro atoms. The summed E-state index contributed by atoms with van der Waals surface area (Å²) >= 11 is 0. The fraction of sp³-hybridized carbons (Fsp3) is 0.200. The van der Waals surface area contributed by atoms with Crippen molar-refractivity contribution in [2.75, 3.05) is 0 Å². The second kappa shape index (κ2) is 2.41. The first-order chi connectivity index (χ1) is 4.38. The molecule has 1 rings (SSSR count). The number of aldehydes is 1.